The number of ether oxygens (including phenoxy) is 1. The highest BCUT2D eigenvalue weighted by molar-refractivity contribution is 5.95. The van der Waals surface area contributed by atoms with Crippen LogP contribution in [-0.2, 0) is 0 Å². The Bertz CT molecular complexity index is 755. The summed E-state index contributed by atoms with van der Waals surface area (Å²) >= 11 is 0. The molecule has 1 saturated heterocycles. The van der Waals surface area contributed by atoms with Gasteiger partial charge in [0, 0.05) is 36.5 Å². The zero-order chi connectivity index (χ0) is 17.8. The van der Waals surface area contributed by atoms with E-state index in [-0.39, 0.29) is 11.9 Å². The number of nitrogens with zero attached hydrogens (tertiary/aromatic N) is 3. The number of aryl methyl sites for hydroxylation is 2. The molecule has 0 radical (unpaired) electrons. The lowest BCUT2D eigenvalue weighted by atomic mass is 10.0. The number of carbonyl (C=O) groups is 1. The summed E-state index contributed by atoms with van der Waals surface area (Å²) < 4.78 is 5.15. The van der Waals surface area contributed by atoms with Crippen molar-refractivity contribution in [3.8, 4) is 6.01 Å². The molecule has 1 aliphatic rings. The van der Waals surface area contributed by atoms with Crippen LogP contribution < -0.4 is 15.0 Å². The number of rotatable bonds is 4. The molecule has 2 aromatic rings. The van der Waals surface area contributed by atoms with Gasteiger partial charge in [-0.1, -0.05) is 18.2 Å². The largest absolute Gasteiger partial charge is 0.467 e. The van der Waals surface area contributed by atoms with E-state index in [1.807, 2.05) is 44.2 Å². The molecule has 1 N–H and O–H groups in total. The molecule has 2 heterocycles. The molecular formula is C19H24N4O2. The number of aromatic nitrogens is 2. The summed E-state index contributed by atoms with van der Waals surface area (Å²) in [5, 5.41) is 3.16. The summed E-state index contributed by atoms with van der Waals surface area (Å²) in [5.74, 6) is 0.893. The zero-order valence-electron chi connectivity index (χ0n) is 15.0. The number of amides is 1. The van der Waals surface area contributed by atoms with Crippen LogP contribution in [0.3, 0.4) is 0 Å². The highest BCUT2D eigenvalue weighted by atomic mass is 16.5. The molecule has 6 nitrogen and oxygen atoms in total. The summed E-state index contributed by atoms with van der Waals surface area (Å²) in [6.07, 6.45) is 1.78. The first-order chi connectivity index (χ1) is 12.1. The third kappa shape index (κ3) is 4.07. The maximum Gasteiger partial charge on any atom is 0.318 e. The molecule has 1 amide bonds. The van der Waals surface area contributed by atoms with Crippen molar-refractivity contribution in [2.24, 2.45) is 0 Å². The molecular weight excluding hydrogens is 316 g/mol. The number of hydrogen-bond acceptors (Lipinski definition) is 5. The average Bonchev–Trinajstić information content (AvgIpc) is 2.62. The lowest BCUT2D eigenvalue weighted by Gasteiger charge is -2.33. The predicted molar refractivity (Wildman–Crippen MR) is 97.2 cm³/mol. The fraction of sp³-hybridized carbons (Fsp3) is 0.421. The summed E-state index contributed by atoms with van der Waals surface area (Å²) in [6, 6.07) is 10.2. The number of carbonyl (C=O) groups excluding carboxylic acids is 1. The van der Waals surface area contributed by atoms with E-state index in [2.05, 4.69) is 20.2 Å². The number of nitrogens with one attached hydrogen (secondary N) is 1. The number of benzene rings is 1. The third-order valence-corrected chi connectivity index (χ3v) is 4.55. The second kappa shape index (κ2) is 7.51. The zero-order valence-corrected chi connectivity index (χ0v) is 15.0. The predicted octanol–water partition coefficient (Wildman–Crippen LogP) is 2.50. The van der Waals surface area contributed by atoms with Crippen LogP contribution in [-0.4, -0.2) is 42.1 Å². The van der Waals surface area contributed by atoms with E-state index in [0.717, 1.165) is 48.6 Å². The van der Waals surface area contributed by atoms with Gasteiger partial charge >= 0.3 is 6.01 Å². The van der Waals surface area contributed by atoms with Crippen molar-refractivity contribution in [1.29, 1.82) is 0 Å². The van der Waals surface area contributed by atoms with Gasteiger partial charge < -0.3 is 15.0 Å². The molecule has 0 saturated carbocycles. The number of anilines is 1. The van der Waals surface area contributed by atoms with Gasteiger partial charge in [0.05, 0.1) is 7.11 Å². The monoisotopic (exact) mass is 340 g/mol. The van der Waals surface area contributed by atoms with Gasteiger partial charge in [0.15, 0.2) is 0 Å². The number of methoxy groups -OCH3 is 1. The minimum absolute atomic E-state index is 0.0103. The quantitative estimate of drug-likeness (QED) is 0.926. The van der Waals surface area contributed by atoms with E-state index in [1.54, 1.807) is 7.11 Å². The van der Waals surface area contributed by atoms with Crippen molar-refractivity contribution in [1.82, 2.24) is 15.3 Å². The van der Waals surface area contributed by atoms with Crippen LogP contribution >= 0.6 is 0 Å². The van der Waals surface area contributed by atoms with Gasteiger partial charge in [-0.25, -0.2) is 4.98 Å². The third-order valence-electron chi connectivity index (χ3n) is 4.55. The topological polar surface area (TPSA) is 67.3 Å². The average molecular weight is 340 g/mol. The first kappa shape index (κ1) is 17.2. The van der Waals surface area contributed by atoms with Crippen LogP contribution in [0.2, 0.25) is 0 Å². The van der Waals surface area contributed by atoms with Gasteiger partial charge in [0.25, 0.3) is 5.91 Å². The van der Waals surface area contributed by atoms with Crippen molar-refractivity contribution in [3.63, 3.8) is 0 Å². The summed E-state index contributed by atoms with van der Waals surface area (Å²) in [4.78, 5) is 23.3. The first-order valence-corrected chi connectivity index (χ1v) is 8.58. The summed E-state index contributed by atoms with van der Waals surface area (Å²) in [6.45, 7) is 5.59. The minimum atomic E-state index is 0.0103. The second-order valence-corrected chi connectivity index (χ2v) is 6.40. The van der Waals surface area contributed by atoms with Crippen molar-refractivity contribution in [2.75, 3.05) is 25.1 Å². The molecule has 1 aromatic heterocycles. The molecule has 25 heavy (non-hydrogen) atoms. The van der Waals surface area contributed by atoms with E-state index >= 15 is 0 Å². The lowest BCUT2D eigenvalue weighted by Crippen LogP contribution is -2.45. The summed E-state index contributed by atoms with van der Waals surface area (Å²) in [5.41, 5.74) is 2.64. The molecule has 132 valence electrons. The fourth-order valence-corrected chi connectivity index (χ4v) is 3.12. The van der Waals surface area contributed by atoms with Crippen LogP contribution in [0, 0.1) is 13.8 Å². The molecule has 1 aliphatic heterocycles. The molecule has 0 aliphatic carbocycles. The lowest BCUT2D eigenvalue weighted by molar-refractivity contribution is 0.0930. The highest BCUT2D eigenvalue weighted by Gasteiger charge is 2.23. The van der Waals surface area contributed by atoms with Crippen LogP contribution in [0.1, 0.15) is 34.5 Å². The van der Waals surface area contributed by atoms with Crippen LogP contribution in [0.15, 0.2) is 30.3 Å². The standard InChI is InChI=1S/C19H24N4O2/c1-13-6-4-5-7-16(13)18(24)21-15-8-10-23(11-9-15)17-12-14(2)20-19(22-17)25-3/h4-7,12,15H,8-11H2,1-3H3,(H,21,24). The van der Waals surface area contributed by atoms with Gasteiger partial charge in [-0.15, -0.1) is 0 Å². The summed E-state index contributed by atoms with van der Waals surface area (Å²) in [7, 11) is 1.58. The van der Waals surface area contributed by atoms with E-state index in [0.29, 0.717) is 6.01 Å². The van der Waals surface area contributed by atoms with E-state index in [1.165, 1.54) is 0 Å². The Morgan fingerprint density at radius 1 is 1.20 bits per heavy atom. The van der Waals surface area contributed by atoms with Gasteiger partial charge in [0.2, 0.25) is 0 Å². The smallest absolute Gasteiger partial charge is 0.318 e. The Morgan fingerprint density at radius 2 is 1.92 bits per heavy atom. The van der Waals surface area contributed by atoms with Crippen molar-refractivity contribution in [2.45, 2.75) is 32.7 Å². The molecule has 3 rings (SSSR count). The van der Waals surface area contributed by atoms with Crippen LogP contribution in [0.4, 0.5) is 5.82 Å². The van der Waals surface area contributed by atoms with Gasteiger partial charge in [-0.2, -0.15) is 4.98 Å². The SMILES string of the molecule is COc1nc(C)cc(N2CCC(NC(=O)c3ccccc3C)CC2)n1. The minimum Gasteiger partial charge on any atom is -0.467 e. The second-order valence-electron chi connectivity index (χ2n) is 6.40. The van der Waals surface area contributed by atoms with Crippen LogP contribution in [0.5, 0.6) is 6.01 Å². The van der Waals surface area contributed by atoms with Crippen LogP contribution in [0.25, 0.3) is 0 Å². The van der Waals surface area contributed by atoms with Crippen molar-refractivity contribution >= 4 is 11.7 Å². The van der Waals surface area contributed by atoms with Gasteiger partial charge in [-0.3, -0.25) is 4.79 Å². The molecule has 0 bridgehead atoms. The Kier molecular flexibility index (Phi) is 5.16. The van der Waals surface area contributed by atoms with Gasteiger partial charge in [-0.05, 0) is 38.3 Å². The fourth-order valence-electron chi connectivity index (χ4n) is 3.12. The molecule has 1 fully saturated rings. The Balaban J connectivity index is 1.60. The molecule has 6 heteroatoms. The van der Waals surface area contributed by atoms with Crippen molar-refractivity contribution < 1.29 is 9.53 Å². The Morgan fingerprint density at radius 3 is 2.60 bits per heavy atom. The maximum atomic E-state index is 12.5. The highest BCUT2D eigenvalue weighted by Crippen LogP contribution is 2.21. The van der Waals surface area contributed by atoms with E-state index < -0.39 is 0 Å². The first-order valence-electron chi connectivity index (χ1n) is 8.58. The normalized spacial score (nSPS) is 15.1. The van der Waals surface area contributed by atoms with Crippen molar-refractivity contribution in [3.05, 3.63) is 47.2 Å². The molecule has 0 unspecified atom stereocenters. The maximum absolute atomic E-state index is 12.5. The number of piperidine rings is 1. The Hall–Kier alpha value is -2.63. The molecule has 1 aromatic carbocycles. The molecule has 0 spiro atoms. The molecule has 0 atom stereocenters. The van der Waals surface area contributed by atoms with E-state index in [4.69, 9.17) is 4.74 Å². The number of hydrogen-bond donors (Lipinski definition) is 1. The Labute approximate surface area is 148 Å². The van der Waals surface area contributed by atoms with Gasteiger partial charge in [0.1, 0.15) is 5.82 Å². The van der Waals surface area contributed by atoms with E-state index in [9.17, 15) is 4.79 Å².